The zero-order valence-electron chi connectivity index (χ0n) is 22.9. The lowest BCUT2D eigenvalue weighted by atomic mass is 9.95. The summed E-state index contributed by atoms with van der Waals surface area (Å²) in [5, 5.41) is 3.73. The maximum Gasteiger partial charge on any atom is 0.242 e. The average Bonchev–Trinajstić information content (AvgIpc) is 2.85. The Morgan fingerprint density at radius 2 is 1.63 bits per heavy atom. The molecule has 38 heavy (non-hydrogen) atoms. The van der Waals surface area contributed by atoms with Gasteiger partial charge in [-0.2, -0.15) is 0 Å². The van der Waals surface area contributed by atoms with Crippen molar-refractivity contribution in [3.8, 4) is 0 Å². The first kappa shape index (κ1) is 30.0. The lowest BCUT2D eigenvalue weighted by Crippen LogP contribution is -2.50. The molecule has 1 aliphatic carbocycles. The van der Waals surface area contributed by atoms with Gasteiger partial charge in [-0.15, -0.1) is 0 Å². The molecule has 0 spiro atoms. The zero-order valence-corrected chi connectivity index (χ0v) is 24.4. The van der Waals surface area contributed by atoms with Crippen molar-refractivity contribution < 1.29 is 18.0 Å². The minimum absolute atomic E-state index is 0.117. The predicted octanol–water partition coefficient (Wildman–Crippen LogP) is 5.37. The molecule has 2 aromatic carbocycles. The van der Waals surface area contributed by atoms with Crippen LogP contribution in [0.3, 0.4) is 0 Å². The van der Waals surface area contributed by atoms with E-state index >= 15 is 0 Å². The lowest BCUT2D eigenvalue weighted by molar-refractivity contribution is -0.141. The first-order valence-electron chi connectivity index (χ1n) is 13.3. The molecule has 208 valence electrons. The van der Waals surface area contributed by atoms with Crippen LogP contribution in [0.4, 0.5) is 5.69 Å². The van der Waals surface area contributed by atoms with Gasteiger partial charge < -0.3 is 10.2 Å². The van der Waals surface area contributed by atoms with E-state index < -0.39 is 16.1 Å². The summed E-state index contributed by atoms with van der Waals surface area (Å²) in [5.74, 6) is -0.354. The van der Waals surface area contributed by atoms with Crippen LogP contribution in [0.1, 0.15) is 68.6 Å². The van der Waals surface area contributed by atoms with Gasteiger partial charge in [0, 0.05) is 30.6 Å². The Morgan fingerprint density at radius 3 is 2.21 bits per heavy atom. The van der Waals surface area contributed by atoms with Crippen molar-refractivity contribution in [1.29, 1.82) is 0 Å². The number of nitrogens with zero attached hydrogens (tertiary/aromatic N) is 2. The third-order valence-corrected chi connectivity index (χ3v) is 8.48. The van der Waals surface area contributed by atoms with Gasteiger partial charge in [0.2, 0.25) is 21.8 Å². The predicted molar refractivity (Wildman–Crippen MR) is 154 cm³/mol. The summed E-state index contributed by atoms with van der Waals surface area (Å²) >= 11 is 6.04. The highest BCUT2D eigenvalue weighted by atomic mass is 35.5. The second-order valence-electron chi connectivity index (χ2n) is 10.5. The molecule has 3 rings (SSSR count). The second-order valence-corrected chi connectivity index (χ2v) is 12.8. The standard InChI is InChI=1S/C29H40ClN3O4S/c1-21-17-22(2)19-27(18-21)33(38(4,36)37)16-8-11-28(34)32(20-24-12-14-25(30)15-13-24)23(3)29(35)31-26-9-6-5-7-10-26/h12-15,17-19,23,26H,5-11,16,20H2,1-4H3,(H,31,35)/t23-/m0/s1. The molecule has 0 radical (unpaired) electrons. The number of halogens is 1. The van der Waals surface area contributed by atoms with Gasteiger partial charge >= 0.3 is 0 Å². The number of carbonyl (C=O) groups excluding carboxylic acids is 2. The first-order chi connectivity index (χ1) is 17.9. The van der Waals surface area contributed by atoms with E-state index in [1.165, 1.54) is 17.0 Å². The van der Waals surface area contributed by atoms with Crippen molar-refractivity contribution in [3.63, 3.8) is 0 Å². The molecule has 1 fully saturated rings. The highest BCUT2D eigenvalue weighted by Gasteiger charge is 2.28. The van der Waals surface area contributed by atoms with Gasteiger partial charge in [0.05, 0.1) is 11.9 Å². The number of nitrogens with one attached hydrogen (secondary N) is 1. The van der Waals surface area contributed by atoms with E-state index in [2.05, 4.69) is 5.32 Å². The third-order valence-electron chi connectivity index (χ3n) is 7.03. The minimum atomic E-state index is -3.54. The molecule has 0 unspecified atom stereocenters. The molecule has 9 heteroatoms. The average molecular weight is 562 g/mol. The van der Waals surface area contributed by atoms with Gasteiger partial charge in [-0.25, -0.2) is 8.42 Å². The fourth-order valence-corrected chi connectivity index (χ4v) is 6.11. The highest BCUT2D eigenvalue weighted by molar-refractivity contribution is 7.92. The van der Waals surface area contributed by atoms with E-state index in [0.29, 0.717) is 17.1 Å². The number of amides is 2. The molecule has 7 nitrogen and oxygen atoms in total. The van der Waals surface area contributed by atoms with Crippen molar-refractivity contribution in [3.05, 3.63) is 64.2 Å². The first-order valence-corrected chi connectivity index (χ1v) is 15.6. The topological polar surface area (TPSA) is 86.8 Å². The molecule has 1 N–H and O–H groups in total. The van der Waals surface area contributed by atoms with Crippen LogP contribution in [0.5, 0.6) is 0 Å². The van der Waals surface area contributed by atoms with Crippen molar-refractivity contribution in [2.24, 2.45) is 0 Å². The van der Waals surface area contributed by atoms with Crippen molar-refractivity contribution in [2.45, 2.75) is 84.3 Å². The van der Waals surface area contributed by atoms with Crippen LogP contribution >= 0.6 is 11.6 Å². The summed E-state index contributed by atoms with van der Waals surface area (Å²) in [6.07, 6.45) is 6.94. The molecular weight excluding hydrogens is 522 g/mol. The summed E-state index contributed by atoms with van der Waals surface area (Å²) in [7, 11) is -3.54. The van der Waals surface area contributed by atoms with E-state index in [0.717, 1.165) is 42.4 Å². The smallest absolute Gasteiger partial charge is 0.242 e. The van der Waals surface area contributed by atoms with Crippen molar-refractivity contribution in [2.75, 3.05) is 17.1 Å². The number of hydrogen-bond acceptors (Lipinski definition) is 4. The van der Waals surface area contributed by atoms with Gasteiger partial charge in [-0.05, 0) is 81.0 Å². The second kappa shape index (κ2) is 13.5. The van der Waals surface area contributed by atoms with E-state index in [9.17, 15) is 18.0 Å². The van der Waals surface area contributed by atoms with Crippen molar-refractivity contribution in [1.82, 2.24) is 10.2 Å². The van der Waals surface area contributed by atoms with Crippen LogP contribution in [0, 0.1) is 13.8 Å². The number of rotatable bonds is 11. The van der Waals surface area contributed by atoms with E-state index in [1.807, 2.05) is 44.2 Å². The number of anilines is 1. The SMILES string of the molecule is Cc1cc(C)cc(N(CCCC(=O)N(Cc2ccc(Cl)cc2)[C@@H](C)C(=O)NC2CCCCC2)S(C)(=O)=O)c1. The Balaban J connectivity index is 1.72. The van der Waals surface area contributed by atoms with Crippen molar-refractivity contribution >= 4 is 39.1 Å². The fraction of sp³-hybridized carbons (Fsp3) is 0.517. The molecule has 0 saturated heterocycles. The molecule has 2 amide bonds. The fourth-order valence-electron chi connectivity index (χ4n) is 5.04. The number of benzene rings is 2. The maximum absolute atomic E-state index is 13.5. The normalized spacial score (nSPS) is 15.1. The van der Waals surface area contributed by atoms with Crippen LogP contribution in [0.15, 0.2) is 42.5 Å². The highest BCUT2D eigenvalue weighted by Crippen LogP contribution is 2.23. The Kier molecular flexibility index (Phi) is 10.6. The van der Waals surface area contributed by atoms with Gasteiger partial charge in [0.1, 0.15) is 6.04 Å². The molecule has 0 bridgehead atoms. The summed E-state index contributed by atoms with van der Waals surface area (Å²) in [5.41, 5.74) is 3.40. The summed E-state index contributed by atoms with van der Waals surface area (Å²) in [6, 6.07) is 12.4. The summed E-state index contributed by atoms with van der Waals surface area (Å²) in [6.45, 7) is 6.04. The molecule has 1 atom stereocenters. The molecule has 1 saturated carbocycles. The van der Waals surface area contributed by atoms with Crippen LogP contribution in [0.2, 0.25) is 5.02 Å². The summed E-state index contributed by atoms with van der Waals surface area (Å²) in [4.78, 5) is 28.2. The number of sulfonamides is 1. The van der Waals surface area contributed by atoms with Crippen LogP contribution in [-0.4, -0.2) is 50.0 Å². The Labute approximate surface area is 232 Å². The lowest BCUT2D eigenvalue weighted by Gasteiger charge is -2.31. The Bertz CT molecular complexity index is 1190. The van der Waals surface area contributed by atoms with E-state index in [4.69, 9.17) is 11.6 Å². The number of hydrogen-bond donors (Lipinski definition) is 1. The van der Waals surface area contributed by atoms with Gasteiger partial charge in [0.15, 0.2) is 0 Å². The molecule has 0 aliphatic heterocycles. The van der Waals surface area contributed by atoms with Crippen LogP contribution in [0.25, 0.3) is 0 Å². The van der Waals surface area contributed by atoms with Crippen LogP contribution in [-0.2, 0) is 26.2 Å². The van der Waals surface area contributed by atoms with Crippen LogP contribution < -0.4 is 9.62 Å². The van der Waals surface area contributed by atoms with Gasteiger partial charge in [-0.3, -0.25) is 13.9 Å². The number of aryl methyl sites for hydroxylation is 2. The molecule has 0 aromatic heterocycles. The largest absolute Gasteiger partial charge is 0.352 e. The zero-order chi connectivity index (χ0) is 27.9. The molecule has 2 aromatic rings. The number of carbonyl (C=O) groups is 2. The monoisotopic (exact) mass is 561 g/mol. The van der Waals surface area contributed by atoms with E-state index in [-0.39, 0.29) is 37.4 Å². The third kappa shape index (κ3) is 8.73. The quantitative estimate of drug-likeness (QED) is 0.399. The molecule has 0 heterocycles. The molecular formula is C29H40ClN3O4S. The summed E-state index contributed by atoms with van der Waals surface area (Å²) < 4.78 is 26.5. The maximum atomic E-state index is 13.5. The van der Waals surface area contributed by atoms with Gasteiger partial charge in [-0.1, -0.05) is 49.1 Å². The van der Waals surface area contributed by atoms with Gasteiger partial charge in [0.25, 0.3) is 0 Å². The minimum Gasteiger partial charge on any atom is -0.352 e. The van der Waals surface area contributed by atoms with E-state index in [1.54, 1.807) is 24.0 Å². The Morgan fingerprint density at radius 1 is 1.03 bits per heavy atom. The molecule has 1 aliphatic rings. The Hall–Kier alpha value is -2.58.